The smallest absolute Gasteiger partial charge is 0.223 e. The van der Waals surface area contributed by atoms with E-state index < -0.39 is 11.0 Å². The Morgan fingerprint density at radius 2 is 1.95 bits per heavy atom. The largest absolute Gasteiger partial charge is 0.460 e. The summed E-state index contributed by atoms with van der Waals surface area (Å²) >= 11 is 1.54. The summed E-state index contributed by atoms with van der Waals surface area (Å²) in [4.78, 5) is 11.1. The minimum absolute atomic E-state index is 0.164. The fourth-order valence-electron chi connectivity index (χ4n) is 4.93. The van der Waals surface area contributed by atoms with E-state index in [4.69, 9.17) is 9.72 Å². The van der Waals surface area contributed by atoms with Crippen LogP contribution in [-0.2, 0) is 11.0 Å². The van der Waals surface area contributed by atoms with Crippen molar-refractivity contribution >= 4 is 50.1 Å². The van der Waals surface area contributed by atoms with Gasteiger partial charge in [0.25, 0.3) is 0 Å². The first-order valence-corrected chi connectivity index (χ1v) is 15.5. The van der Waals surface area contributed by atoms with Crippen LogP contribution in [0.3, 0.4) is 0 Å². The number of rotatable bonds is 10. The van der Waals surface area contributed by atoms with E-state index in [0.717, 1.165) is 88.7 Å². The molecule has 0 amide bonds. The standard InChI is InChI=1S/C30H37N5O2S2/c1-20(2)38-28(26-14-18-32-29(34-26)33-22-9-7-17-31-19-22)21(3)37-27-13-12-25(23-10-5-6-11-24(23)27)35-39(36)30(4)15-8-16-30/h5-6,10-14,18,22,31,35H,1,7-9,15-17,19H2,2-4H3,(H,32,33,34)/b28-21+. The average molecular weight is 564 g/mol. The Bertz CT molecular complexity index is 1410. The normalized spacial score (nSPS) is 19.9. The summed E-state index contributed by atoms with van der Waals surface area (Å²) < 4.78 is 22.7. The molecular formula is C30H37N5O2S2. The fraction of sp³-hybridized carbons (Fsp3) is 0.400. The van der Waals surface area contributed by atoms with Gasteiger partial charge in [-0.1, -0.05) is 49.0 Å². The van der Waals surface area contributed by atoms with Gasteiger partial charge in [0.2, 0.25) is 5.95 Å². The van der Waals surface area contributed by atoms with E-state index in [1.165, 1.54) is 0 Å². The van der Waals surface area contributed by atoms with Gasteiger partial charge in [-0.3, -0.25) is 0 Å². The predicted molar refractivity (Wildman–Crippen MR) is 165 cm³/mol. The van der Waals surface area contributed by atoms with Gasteiger partial charge in [0.05, 0.1) is 21.0 Å². The number of nitrogens with zero attached hydrogens (tertiary/aromatic N) is 2. The van der Waals surface area contributed by atoms with Gasteiger partial charge in [0, 0.05) is 29.6 Å². The SMILES string of the molecule is C=C(C)S/C(=C(\C)Oc1ccc(NS(=O)C2(C)CCC2)c2ccccc12)c1ccnc(NC2CCCNC2)n1. The Balaban J connectivity index is 1.44. The molecule has 2 aliphatic rings. The predicted octanol–water partition coefficient (Wildman–Crippen LogP) is 6.85. The lowest BCUT2D eigenvalue weighted by atomic mass is 9.86. The molecule has 5 rings (SSSR count). The molecule has 0 spiro atoms. The number of allylic oxidation sites excluding steroid dienone is 2. The molecule has 7 nitrogen and oxygen atoms in total. The highest BCUT2D eigenvalue weighted by Gasteiger charge is 2.38. The maximum Gasteiger partial charge on any atom is 0.223 e. The second-order valence-corrected chi connectivity index (χ2v) is 13.6. The van der Waals surface area contributed by atoms with Crippen LogP contribution in [-0.4, -0.2) is 38.1 Å². The molecule has 206 valence electrons. The highest BCUT2D eigenvalue weighted by atomic mass is 32.2. The molecule has 2 heterocycles. The van der Waals surface area contributed by atoms with E-state index in [0.29, 0.717) is 12.0 Å². The van der Waals surface area contributed by atoms with Crippen molar-refractivity contribution in [1.29, 1.82) is 0 Å². The number of hydrogen-bond acceptors (Lipinski definition) is 7. The quantitative estimate of drug-likeness (QED) is 0.233. The summed E-state index contributed by atoms with van der Waals surface area (Å²) in [5.74, 6) is 2.07. The van der Waals surface area contributed by atoms with Gasteiger partial charge in [0.1, 0.15) is 22.5 Å². The Morgan fingerprint density at radius 1 is 1.15 bits per heavy atom. The summed E-state index contributed by atoms with van der Waals surface area (Å²) in [6, 6.07) is 14.2. The molecule has 1 saturated heterocycles. The number of hydrogen-bond donors (Lipinski definition) is 3. The number of anilines is 2. The van der Waals surface area contributed by atoms with Crippen molar-refractivity contribution < 1.29 is 8.95 Å². The van der Waals surface area contributed by atoms with Gasteiger partial charge in [-0.05, 0) is 76.1 Å². The van der Waals surface area contributed by atoms with Gasteiger partial charge >= 0.3 is 0 Å². The third-order valence-corrected chi connectivity index (χ3v) is 10.1. The first-order chi connectivity index (χ1) is 18.8. The van der Waals surface area contributed by atoms with Crippen molar-refractivity contribution in [2.24, 2.45) is 0 Å². The molecule has 9 heteroatoms. The summed E-state index contributed by atoms with van der Waals surface area (Å²) in [6.45, 7) is 12.1. The second kappa shape index (κ2) is 12.1. The minimum Gasteiger partial charge on any atom is -0.460 e. The number of nitrogens with one attached hydrogen (secondary N) is 3. The van der Waals surface area contributed by atoms with E-state index >= 15 is 0 Å². The van der Waals surface area contributed by atoms with Crippen molar-refractivity contribution in [2.45, 2.75) is 63.7 Å². The molecule has 1 aromatic heterocycles. The van der Waals surface area contributed by atoms with Crippen molar-refractivity contribution in [3.05, 3.63) is 71.6 Å². The number of ether oxygens (including phenoxy) is 1. The monoisotopic (exact) mass is 563 g/mol. The molecule has 2 fully saturated rings. The molecule has 0 bridgehead atoms. The van der Waals surface area contributed by atoms with Crippen LogP contribution < -0.4 is 20.1 Å². The average Bonchev–Trinajstić information content (AvgIpc) is 2.92. The van der Waals surface area contributed by atoms with Crippen LogP contribution in [0.4, 0.5) is 11.6 Å². The molecule has 2 aromatic carbocycles. The highest BCUT2D eigenvalue weighted by Crippen LogP contribution is 2.40. The third-order valence-electron chi connectivity index (χ3n) is 7.32. The minimum atomic E-state index is -1.15. The molecule has 39 heavy (non-hydrogen) atoms. The Morgan fingerprint density at radius 3 is 2.64 bits per heavy atom. The third kappa shape index (κ3) is 6.48. The lowest BCUT2D eigenvalue weighted by Crippen LogP contribution is -2.41. The van der Waals surface area contributed by atoms with Crippen LogP contribution in [0.5, 0.6) is 5.75 Å². The van der Waals surface area contributed by atoms with Gasteiger partial charge in [-0.25, -0.2) is 14.2 Å². The molecule has 0 radical (unpaired) electrons. The maximum absolute atomic E-state index is 13.1. The molecule has 1 aliphatic carbocycles. The lowest BCUT2D eigenvalue weighted by Gasteiger charge is -2.37. The zero-order valence-corrected chi connectivity index (χ0v) is 24.5. The number of aromatic nitrogens is 2. The number of benzene rings is 2. The van der Waals surface area contributed by atoms with Crippen molar-refractivity contribution in [3.8, 4) is 5.75 Å². The molecular weight excluding hydrogens is 526 g/mol. The molecule has 3 aromatic rings. The molecule has 3 N–H and O–H groups in total. The number of piperidine rings is 1. The zero-order chi connectivity index (χ0) is 27.4. The summed E-state index contributed by atoms with van der Waals surface area (Å²) in [5, 5.41) is 8.82. The van der Waals surface area contributed by atoms with Gasteiger partial charge < -0.3 is 20.1 Å². The topological polar surface area (TPSA) is 88.2 Å². The molecule has 2 unspecified atom stereocenters. The van der Waals surface area contributed by atoms with Crippen LogP contribution in [0.2, 0.25) is 0 Å². The van der Waals surface area contributed by atoms with Crippen LogP contribution >= 0.6 is 11.8 Å². The first-order valence-electron chi connectivity index (χ1n) is 13.6. The molecule has 1 aliphatic heterocycles. The Kier molecular flexibility index (Phi) is 8.59. The second-order valence-electron chi connectivity index (χ2n) is 10.6. The van der Waals surface area contributed by atoms with Crippen molar-refractivity contribution in [3.63, 3.8) is 0 Å². The molecule has 2 atom stereocenters. The zero-order valence-electron chi connectivity index (χ0n) is 22.9. The van der Waals surface area contributed by atoms with Crippen molar-refractivity contribution in [1.82, 2.24) is 15.3 Å². The van der Waals surface area contributed by atoms with Crippen LogP contribution in [0, 0.1) is 0 Å². The summed E-state index contributed by atoms with van der Waals surface area (Å²) in [6.07, 6.45) is 7.11. The lowest BCUT2D eigenvalue weighted by molar-refractivity contribution is 0.380. The van der Waals surface area contributed by atoms with Gasteiger partial charge in [-0.2, -0.15) is 0 Å². The fourth-order valence-corrected chi connectivity index (χ4v) is 6.97. The Labute approximate surface area is 237 Å². The first kappa shape index (κ1) is 27.7. The van der Waals surface area contributed by atoms with Crippen LogP contribution in [0.25, 0.3) is 15.7 Å². The van der Waals surface area contributed by atoms with Crippen LogP contribution in [0.1, 0.15) is 58.6 Å². The van der Waals surface area contributed by atoms with E-state index in [9.17, 15) is 4.21 Å². The van der Waals surface area contributed by atoms with E-state index in [2.05, 4.69) is 33.8 Å². The highest BCUT2D eigenvalue weighted by molar-refractivity contribution is 8.11. The van der Waals surface area contributed by atoms with E-state index in [1.807, 2.05) is 56.3 Å². The molecule has 1 saturated carbocycles. The number of fused-ring (bicyclic) bond motifs is 1. The summed E-state index contributed by atoms with van der Waals surface area (Å²) in [7, 11) is -1.15. The van der Waals surface area contributed by atoms with E-state index in [-0.39, 0.29) is 4.75 Å². The van der Waals surface area contributed by atoms with Gasteiger partial charge in [0.15, 0.2) is 0 Å². The Hall–Kier alpha value is -2.88. The van der Waals surface area contributed by atoms with E-state index in [1.54, 1.807) is 18.0 Å². The summed E-state index contributed by atoms with van der Waals surface area (Å²) in [5.41, 5.74) is 1.64. The van der Waals surface area contributed by atoms with Crippen LogP contribution in [0.15, 0.2) is 65.9 Å². The maximum atomic E-state index is 13.1. The van der Waals surface area contributed by atoms with Gasteiger partial charge in [-0.15, -0.1) is 0 Å². The number of thioether (sulfide) groups is 1. The van der Waals surface area contributed by atoms with Crippen molar-refractivity contribution in [2.75, 3.05) is 23.1 Å².